The summed E-state index contributed by atoms with van der Waals surface area (Å²) in [6, 6.07) is 18.6. The third-order valence-electron chi connectivity index (χ3n) is 5.04. The fourth-order valence-corrected chi connectivity index (χ4v) is 3.65. The summed E-state index contributed by atoms with van der Waals surface area (Å²) in [5.41, 5.74) is -1.61. The van der Waals surface area contributed by atoms with Crippen molar-refractivity contribution in [2.75, 3.05) is 12.0 Å². The molecule has 0 unspecified atom stereocenters. The molecular weight excluding hydrogens is 481 g/mol. The van der Waals surface area contributed by atoms with Crippen molar-refractivity contribution >= 4 is 40.9 Å². The minimum absolute atomic E-state index is 0.0143. The number of amides is 2. The molecule has 0 atom stereocenters. The van der Waals surface area contributed by atoms with Crippen molar-refractivity contribution < 1.29 is 32.2 Å². The summed E-state index contributed by atoms with van der Waals surface area (Å²) >= 11 is 5.15. The number of hydrogen-bond acceptors (Lipinski definition) is 5. The second-order valence-electron chi connectivity index (χ2n) is 7.32. The van der Waals surface area contributed by atoms with E-state index in [9.17, 15) is 22.8 Å². The number of benzene rings is 3. The van der Waals surface area contributed by atoms with E-state index in [1.165, 1.54) is 13.2 Å². The second kappa shape index (κ2) is 9.59. The van der Waals surface area contributed by atoms with Gasteiger partial charge in [-0.3, -0.25) is 19.8 Å². The number of nitrogens with zero attached hydrogens (tertiary/aromatic N) is 1. The Morgan fingerprint density at radius 3 is 2.17 bits per heavy atom. The highest BCUT2D eigenvalue weighted by Crippen LogP contribution is 2.36. The number of rotatable bonds is 5. The van der Waals surface area contributed by atoms with Crippen molar-refractivity contribution in [3.8, 4) is 17.2 Å². The maximum atomic E-state index is 13.6. The van der Waals surface area contributed by atoms with Gasteiger partial charge in [-0.25, -0.2) is 0 Å². The molecule has 3 aromatic rings. The van der Waals surface area contributed by atoms with E-state index in [1.807, 2.05) is 18.2 Å². The average molecular weight is 498 g/mol. The number of halogens is 3. The molecule has 2 amide bonds. The van der Waals surface area contributed by atoms with Crippen LogP contribution in [0, 0.1) is 0 Å². The maximum absolute atomic E-state index is 13.6. The number of methoxy groups -OCH3 is 1. The van der Waals surface area contributed by atoms with Gasteiger partial charge in [0.15, 0.2) is 5.11 Å². The van der Waals surface area contributed by atoms with Crippen LogP contribution in [0.5, 0.6) is 17.2 Å². The van der Waals surface area contributed by atoms with E-state index in [2.05, 4.69) is 5.32 Å². The lowest BCUT2D eigenvalue weighted by Crippen LogP contribution is -2.54. The smallest absolute Gasteiger partial charge is 0.417 e. The number of carbonyl (C=O) groups is 2. The number of ether oxygens (including phenoxy) is 2. The molecule has 0 spiro atoms. The number of hydrogen-bond donors (Lipinski definition) is 1. The fourth-order valence-electron chi connectivity index (χ4n) is 3.37. The number of para-hydroxylation sites is 1. The lowest BCUT2D eigenvalue weighted by atomic mass is 10.0. The second-order valence-corrected chi connectivity index (χ2v) is 7.70. The molecule has 178 valence electrons. The molecule has 0 saturated carbocycles. The molecule has 0 bridgehead atoms. The zero-order valence-electron chi connectivity index (χ0n) is 18.1. The Labute approximate surface area is 203 Å². The van der Waals surface area contributed by atoms with Crippen LogP contribution in [0.3, 0.4) is 0 Å². The lowest BCUT2D eigenvalue weighted by molar-refractivity contribution is -0.138. The SMILES string of the molecule is COc1ccc(C=C2C(=O)NC(=S)N(c3ccc(Oc4ccccc4)cc3)C2=O)c(C(F)(F)F)c1. The van der Waals surface area contributed by atoms with Gasteiger partial charge in [-0.1, -0.05) is 24.3 Å². The van der Waals surface area contributed by atoms with Crippen molar-refractivity contribution in [1.82, 2.24) is 5.32 Å². The van der Waals surface area contributed by atoms with Gasteiger partial charge in [0, 0.05) is 0 Å². The molecule has 4 rings (SSSR count). The highest BCUT2D eigenvalue weighted by atomic mass is 32.1. The van der Waals surface area contributed by atoms with Crippen LogP contribution in [0.2, 0.25) is 0 Å². The summed E-state index contributed by atoms with van der Waals surface area (Å²) in [5, 5.41) is 2.16. The summed E-state index contributed by atoms with van der Waals surface area (Å²) in [4.78, 5) is 26.7. The molecule has 1 N–H and O–H groups in total. The summed E-state index contributed by atoms with van der Waals surface area (Å²) < 4.78 is 51.4. The molecular formula is C25H17F3N2O4S. The topological polar surface area (TPSA) is 67.9 Å². The summed E-state index contributed by atoms with van der Waals surface area (Å²) in [7, 11) is 1.24. The standard InChI is InChI=1S/C25H17F3N2O4S/c1-33-19-10-7-15(21(14-19)25(26,27)28)13-20-22(31)29-24(35)30(23(20)32)16-8-11-18(12-9-16)34-17-5-3-2-4-6-17/h2-14H,1H3,(H,29,31,35). The quantitative estimate of drug-likeness (QED) is 0.292. The zero-order chi connectivity index (χ0) is 25.2. The van der Waals surface area contributed by atoms with Crippen molar-refractivity contribution in [1.29, 1.82) is 0 Å². The van der Waals surface area contributed by atoms with E-state index < -0.39 is 29.1 Å². The van der Waals surface area contributed by atoms with Gasteiger partial charge in [-0.05, 0) is 72.4 Å². The van der Waals surface area contributed by atoms with Crippen LogP contribution in [-0.4, -0.2) is 24.0 Å². The van der Waals surface area contributed by atoms with Crippen LogP contribution in [0.4, 0.5) is 18.9 Å². The highest BCUT2D eigenvalue weighted by Gasteiger charge is 2.37. The molecule has 35 heavy (non-hydrogen) atoms. The minimum atomic E-state index is -4.74. The van der Waals surface area contributed by atoms with Gasteiger partial charge in [0.05, 0.1) is 18.4 Å². The largest absolute Gasteiger partial charge is 0.497 e. The Bertz CT molecular complexity index is 1320. The Morgan fingerprint density at radius 2 is 1.54 bits per heavy atom. The number of alkyl halides is 3. The molecule has 1 fully saturated rings. The summed E-state index contributed by atoms with van der Waals surface area (Å²) in [5.74, 6) is -0.673. The van der Waals surface area contributed by atoms with Crippen molar-refractivity contribution in [2.24, 2.45) is 0 Å². The number of anilines is 1. The first-order valence-corrected chi connectivity index (χ1v) is 10.6. The Kier molecular flexibility index (Phi) is 6.57. The number of carbonyl (C=O) groups excluding carboxylic acids is 2. The van der Waals surface area contributed by atoms with E-state index in [0.29, 0.717) is 17.2 Å². The van der Waals surface area contributed by atoms with Crippen LogP contribution in [0.15, 0.2) is 78.4 Å². The predicted molar refractivity (Wildman–Crippen MR) is 127 cm³/mol. The molecule has 0 aromatic heterocycles. The van der Waals surface area contributed by atoms with E-state index >= 15 is 0 Å². The number of nitrogens with one attached hydrogen (secondary N) is 1. The van der Waals surface area contributed by atoms with Crippen molar-refractivity contribution in [3.63, 3.8) is 0 Å². The molecule has 1 heterocycles. The van der Waals surface area contributed by atoms with Gasteiger partial charge in [0.25, 0.3) is 11.8 Å². The van der Waals surface area contributed by atoms with Gasteiger partial charge < -0.3 is 9.47 Å². The molecule has 10 heteroatoms. The van der Waals surface area contributed by atoms with E-state index in [1.54, 1.807) is 36.4 Å². The van der Waals surface area contributed by atoms with Gasteiger partial charge in [0.1, 0.15) is 22.8 Å². The normalized spacial score (nSPS) is 15.3. The van der Waals surface area contributed by atoms with Crippen LogP contribution < -0.4 is 19.7 Å². The first-order valence-electron chi connectivity index (χ1n) is 10.2. The molecule has 1 aliphatic rings. The highest BCUT2D eigenvalue weighted by molar-refractivity contribution is 7.80. The van der Waals surface area contributed by atoms with E-state index in [0.717, 1.165) is 23.1 Å². The molecule has 1 aliphatic heterocycles. The van der Waals surface area contributed by atoms with Gasteiger partial charge in [-0.15, -0.1) is 0 Å². The third-order valence-corrected chi connectivity index (χ3v) is 5.33. The first-order chi connectivity index (χ1) is 16.7. The lowest BCUT2D eigenvalue weighted by Gasteiger charge is -2.29. The third kappa shape index (κ3) is 5.17. The van der Waals surface area contributed by atoms with Crippen LogP contribution in [-0.2, 0) is 15.8 Å². The van der Waals surface area contributed by atoms with Gasteiger partial charge >= 0.3 is 6.18 Å². The predicted octanol–water partition coefficient (Wildman–Crippen LogP) is 5.34. The monoisotopic (exact) mass is 498 g/mol. The molecule has 0 radical (unpaired) electrons. The Balaban J connectivity index is 1.66. The Morgan fingerprint density at radius 1 is 0.914 bits per heavy atom. The fraction of sp³-hybridized carbons (Fsp3) is 0.0800. The van der Waals surface area contributed by atoms with Crippen molar-refractivity contribution in [3.05, 3.63) is 89.5 Å². The number of thiocarbonyl (C=S) groups is 1. The molecule has 0 aliphatic carbocycles. The molecule has 6 nitrogen and oxygen atoms in total. The summed E-state index contributed by atoms with van der Waals surface area (Å²) in [6.07, 6.45) is -3.85. The molecule has 3 aromatic carbocycles. The first kappa shape index (κ1) is 24.0. The van der Waals surface area contributed by atoms with Crippen LogP contribution in [0.1, 0.15) is 11.1 Å². The average Bonchev–Trinajstić information content (AvgIpc) is 2.83. The van der Waals surface area contributed by atoms with Crippen LogP contribution >= 0.6 is 12.2 Å². The van der Waals surface area contributed by atoms with Crippen molar-refractivity contribution in [2.45, 2.75) is 6.18 Å². The van der Waals surface area contributed by atoms with Crippen LogP contribution in [0.25, 0.3) is 6.08 Å². The zero-order valence-corrected chi connectivity index (χ0v) is 18.9. The maximum Gasteiger partial charge on any atom is 0.417 e. The van der Waals surface area contributed by atoms with E-state index in [4.69, 9.17) is 21.7 Å². The van der Waals surface area contributed by atoms with E-state index in [-0.39, 0.29) is 16.4 Å². The molecule has 1 saturated heterocycles. The minimum Gasteiger partial charge on any atom is -0.497 e. The van der Waals surface area contributed by atoms with Gasteiger partial charge in [0.2, 0.25) is 0 Å². The Hall–Kier alpha value is -4.18. The summed E-state index contributed by atoms with van der Waals surface area (Å²) in [6.45, 7) is 0. The van der Waals surface area contributed by atoms with Gasteiger partial charge in [-0.2, -0.15) is 13.2 Å².